The summed E-state index contributed by atoms with van der Waals surface area (Å²) in [5.41, 5.74) is 3.83. The van der Waals surface area contributed by atoms with Crippen LogP contribution in [0.3, 0.4) is 0 Å². The molecule has 39 heavy (non-hydrogen) atoms. The third kappa shape index (κ3) is 6.46. The molecule has 1 aliphatic heterocycles. The van der Waals surface area contributed by atoms with Crippen LogP contribution in [0, 0.1) is 5.82 Å². The highest BCUT2D eigenvalue weighted by Gasteiger charge is 2.24. The Morgan fingerprint density at radius 3 is 2.49 bits per heavy atom. The maximum absolute atomic E-state index is 14.2. The van der Waals surface area contributed by atoms with Crippen molar-refractivity contribution in [1.29, 1.82) is 0 Å². The number of para-hydroxylation sites is 1. The number of benzene rings is 3. The summed E-state index contributed by atoms with van der Waals surface area (Å²) in [5.74, 6) is 0.401. The number of nitrogens with zero attached hydrogens (tertiary/aromatic N) is 4. The summed E-state index contributed by atoms with van der Waals surface area (Å²) in [6.07, 6.45) is 1.83. The Hall–Kier alpha value is -3.75. The lowest BCUT2D eigenvalue weighted by Gasteiger charge is -2.36. The van der Waals surface area contributed by atoms with Crippen molar-refractivity contribution in [3.05, 3.63) is 101 Å². The van der Waals surface area contributed by atoms with E-state index in [1.165, 1.54) is 6.07 Å². The molecule has 0 radical (unpaired) electrons. The second-order valence-electron chi connectivity index (χ2n) is 9.76. The number of hydrogen-bond donors (Lipinski definition) is 0. The van der Waals surface area contributed by atoms with Crippen LogP contribution in [0.5, 0.6) is 5.75 Å². The number of carbonyl (C=O) groups excluding carboxylic acids is 1. The van der Waals surface area contributed by atoms with Gasteiger partial charge >= 0.3 is 0 Å². The molecule has 202 valence electrons. The molecule has 1 unspecified atom stereocenters. The minimum Gasteiger partial charge on any atom is -0.483 e. The van der Waals surface area contributed by atoms with Crippen LogP contribution >= 0.6 is 11.3 Å². The molecule has 0 saturated carbocycles. The van der Waals surface area contributed by atoms with E-state index in [2.05, 4.69) is 42.1 Å². The van der Waals surface area contributed by atoms with E-state index in [0.29, 0.717) is 44.2 Å². The van der Waals surface area contributed by atoms with Crippen molar-refractivity contribution in [2.45, 2.75) is 19.5 Å². The SMILES string of the molecule is CC(c1nccs1)N(C)Cc1cc(-c2ccccc2)ccc1OCC(=O)N1CCN(c2ccccc2F)CC1. The predicted octanol–water partition coefficient (Wildman–Crippen LogP) is 5.87. The van der Waals surface area contributed by atoms with Crippen molar-refractivity contribution in [1.82, 2.24) is 14.8 Å². The normalized spacial score (nSPS) is 14.5. The van der Waals surface area contributed by atoms with Gasteiger partial charge in [0.05, 0.1) is 11.7 Å². The molecule has 1 aliphatic rings. The summed E-state index contributed by atoms with van der Waals surface area (Å²) in [4.78, 5) is 23.6. The monoisotopic (exact) mass is 544 g/mol. The first-order chi connectivity index (χ1) is 19.0. The molecule has 2 heterocycles. The van der Waals surface area contributed by atoms with Crippen LogP contribution in [0.25, 0.3) is 11.1 Å². The van der Waals surface area contributed by atoms with Gasteiger partial charge in [-0.3, -0.25) is 9.69 Å². The lowest BCUT2D eigenvalue weighted by molar-refractivity contribution is -0.133. The van der Waals surface area contributed by atoms with Crippen LogP contribution in [0.1, 0.15) is 23.5 Å². The molecular weight excluding hydrogens is 511 g/mol. The average Bonchev–Trinajstić information content (AvgIpc) is 3.52. The van der Waals surface area contributed by atoms with E-state index < -0.39 is 0 Å². The molecule has 0 bridgehead atoms. The Morgan fingerprint density at radius 1 is 1.03 bits per heavy atom. The highest BCUT2D eigenvalue weighted by atomic mass is 32.1. The van der Waals surface area contributed by atoms with Crippen molar-refractivity contribution < 1.29 is 13.9 Å². The molecule has 1 fully saturated rings. The van der Waals surface area contributed by atoms with E-state index in [1.807, 2.05) is 52.9 Å². The molecular formula is C31H33FN4O2S. The Labute approximate surface area is 233 Å². The third-order valence-electron chi connectivity index (χ3n) is 7.23. The second kappa shape index (κ2) is 12.4. The lowest BCUT2D eigenvalue weighted by atomic mass is 10.0. The molecule has 8 heteroatoms. The zero-order valence-electron chi connectivity index (χ0n) is 22.3. The van der Waals surface area contributed by atoms with Crippen molar-refractivity contribution in [2.24, 2.45) is 0 Å². The highest BCUT2D eigenvalue weighted by Crippen LogP contribution is 2.30. The van der Waals surface area contributed by atoms with Gasteiger partial charge in [-0.15, -0.1) is 11.3 Å². The van der Waals surface area contributed by atoms with Gasteiger partial charge in [0.2, 0.25) is 0 Å². The second-order valence-corrected chi connectivity index (χ2v) is 10.7. The highest BCUT2D eigenvalue weighted by molar-refractivity contribution is 7.09. The van der Waals surface area contributed by atoms with E-state index in [4.69, 9.17) is 4.74 Å². The molecule has 4 aromatic rings. The summed E-state index contributed by atoms with van der Waals surface area (Å²) in [6.45, 7) is 4.99. The van der Waals surface area contributed by atoms with E-state index in [0.717, 1.165) is 21.7 Å². The van der Waals surface area contributed by atoms with E-state index in [1.54, 1.807) is 28.4 Å². The fraction of sp³-hybridized carbons (Fsp3) is 0.290. The zero-order valence-corrected chi connectivity index (χ0v) is 23.1. The van der Waals surface area contributed by atoms with Crippen LogP contribution in [0.4, 0.5) is 10.1 Å². The summed E-state index contributed by atoms with van der Waals surface area (Å²) in [6, 6.07) is 23.3. The maximum atomic E-state index is 14.2. The number of ether oxygens (including phenoxy) is 1. The van der Waals surface area contributed by atoms with Gasteiger partial charge in [0.25, 0.3) is 5.91 Å². The molecule has 3 aromatic carbocycles. The standard InChI is InChI=1S/C31H33FN4O2S/c1-23(31-33-14-19-39-31)34(2)21-26-20-25(24-8-4-3-5-9-24)12-13-29(26)38-22-30(37)36-17-15-35(16-18-36)28-11-7-6-10-27(28)32/h3-14,19-20,23H,15-18,21-22H2,1-2H3. The molecule has 0 N–H and O–H groups in total. The molecule has 1 saturated heterocycles. The Kier molecular flexibility index (Phi) is 8.54. The van der Waals surface area contributed by atoms with Crippen LogP contribution in [0.2, 0.25) is 0 Å². The summed E-state index contributed by atoms with van der Waals surface area (Å²) in [7, 11) is 2.07. The molecule has 6 nitrogen and oxygen atoms in total. The first-order valence-electron chi connectivity index (χ1n) is 13.2. The minimum atomic E-state index is -0.235. The van der Waals surface area contributed by atoms with Crippen molar-refractivity contribution in [3.8, 4) is 16.9 Å². The van der Waals surface area contributed by atoms with Gasteiger partial charge < -0.3 is 14.5 Å². The number of hydrogen-bond acceptors (Lipinski definition) is 6. The van der Waals surface area contributed by atoms with Crippen molar-refractivity contribution in [2.75, 3.05) is 44.7 Å². The number of anilines is 1. The first kappa shape index (κ1) is 26.8. The Morgan fingerprint density at radius 2 is 1.77 bits per heavy atom. The lowest BCUT2D eigenvalue weighted by Crippen LogP contribution is -2.50. The van der Waals surface area contributed by atoms with Crippen LogP contribution < -0.4 is 9.64 Å². The molecule has 1 aromatic heterocycles. The Balaban J connectivity index is 1.26. The van der Waals surface area contributed by atoms with Gasteiger partial charge in [-0.05, 0) is 49.4 Å². The maximum Gasteiger partial charge on any atom is 0.260 e. The van der Waals surface area contributed by atoms with Crippen LogP contribution in [-0.2, 0) is 11.3 Å². The Bertz CT molecular complexity index is 1370. The van der Waals surface area contributed by atoms with Gasteiger partial charge in [-0.25, -0.2) is 9.37 Å². The molecule has 0 spiro atoms. The minimum absolute atomic E-state index is 0.0386. The quantitative estimate of drug-likeness (QED) is 0.264. The summed E-state index contributed by atoms with van der Waals surface area (Å²) >= 11 is 1.65. The van der Waals surface area contributed by atoms with Crippen molar-refractivity contribution >= 4 is 22.9 Å². The predicted molar refractivity (Wildman–Crippen MR) is 155 cm³/mol. The number of piperazine rings is 1. The van der Waals surface area contributed by atoms with E-state index in [-0.39, 0.29) is 24.4 Å². The number of thiazole rings is 1. The number of aromatic nitrogens is 1. The fourth-order valence-electron chi connectivity index (χ4n) is 4.82. The van der Waals surface area contributed by atoms with E-state index in [9.17, 15) is 9.18 Å². The average molecular weight is 545 g/mol. The summed E-state index contributed by atoms with van der Waals surface area (Å²) in [5, 5.41) is 3.05. The third-order valence-corrected chi connectivity index (χ3v) is 8.18. The molecule has 1 atom stereocenters. The van der Waals surface area contributed by atoms with E-state index >= 15 is 0 Å². The number of rotatable bonds is 9. The van der Waals surface area contributed by atoms with Gasteiger partial charge in [-0.1, -0.05) is 48.5 Å². The van der Waals surface area contributed by atoms with Gasteiger partial charge in [-0.2, -0.15) is 0 Å². The van der Waals surface area contributed by atoms with Crippen LogP contribution in [-0.4, -0.2) is 60.5 Å². The molecule has 0 aliphatic carbocycles. The van der Waals surface area contributed by atoms with Crippen LogP contribution in [0.15, 0.2) is 84.4 Å². The smallest absolute Gasteiger partial charge is 0.260 e. The van der Waals surface area contributed by atoms with Crippen molar-refractivity contribution in [3.63, 3.8) is 0 Å². The largest absolute Gasteiger partial charge is 0.483 e. The molecule has 5 rings (SSSR count). The zero-order chi connectivity index (χ0) is 27.2. The number of amides is 1. The van der Waals surface area contributed by atoms with Gasteiger partial charge in [0.1, 0.15) is 16.6 Å². The first-order valence-corrected chi connectivity index (χ1v) is 14.1. The van der Waals surface area contributed by atoms with Gasteiger partial charge in [0.15, 0.2) is 6.61 Å². The summed E-state index contributed by atoms with van der Waals surface area (Å²) < 4.78 is 20.3. The van der Waals surface area contributed by atoms with Gasteiger partial charge in [0, 0.05) is 49.9 Å². The number of halogens is 1. The molecule has 1 amide bonds. The fourth-order valence-corrected chi connectivity index (χ4v) is 5.58. The number of carbonyl (C=O) groups is 1. The topological polar surface area (TPSA) is 48.9 Å².